The fourth-order valence-electron chi connectivity index (χ4n) is 1.85. The molecule has 1 fully saturated rings. The zero-order valence-electron chi connectivity index (χ0n) is 9.59. The second-order valence-corrected chi connectivity index (χ2v) is 4.60. The standard InChI is InChI=1S/C12H18ClN3/c1-10-2-3-11(13)8-12(10)15-9-16-6-4-14-5-7-16/h2-3,8,14-15H,4-7,9H2,1H3. The highest BCUT2D eigenvalue weighted by atomic mass is 35.5. The van der Waals surface area contributed by atoms with E-state index in [0.29, 0.717) is 0 Å². The van der Waals surface area contributed by atoms with E-state index >= 15 is 0 Å². The molecule has 16 heavy (non-hydrogen) atoms. The van der Waals surface area contributed by atoms with Gasteiger partial charge < -0.3 is 10.6 Å². The van der Waals surface area contributed by atoms with Crippen LogP contribution < -0.4 is 10.6 Å². The molecule has 0 radical (unpaired) electrons. The third-order valence-electron chi connectivity index (χ3n) is 2.90. The Labute approximate surface area is 102 Å². The number of rotatable bonds is 3. The van der Waals surface area contributed by atoms with Crippen molar-refractivity contribution < 1.29 is 0 Å². The maximum atomic E-state index is 5.97. The number of hydrogen-bond acceptors (Lipinski definition) is 3. The predicted molar refractivity (Wildman–Crippen MR) is 69.1 cm³/mol. The molecule has 88 valence electrons. The quantitative estimate of drug-likeness (QED) is 0.844. The number of halogens is 1. The van der Waals surface area contributed by atoms with Crippen molar-refractivity contribution in [3.8, 4) is 0 Å². The number of anilines is 1. The van der Waals surface area contributed by atoms with Gasteiger partial charge >= 0.3 is 0 Å². The highest BCUT2D eigenvalue weighted by Gasteiger charge is 2.09. The van der Waals surface area contributed by atoms with E-state index in [2.05, 4.69) is 22.5 Å². The Balaban J connectivity index is 1.90. The van der Waals surface area contributed by atoms with Crippen LogP contribution in [0.15, 0.2) is 18.2 Å². The van der Waals surface area contributed by atoms with Crippen LogP contribution in [0.3, 0.4) is 0 Å². The average molecular weight is 240 g/mol. The summed E-state index contributed by atoms with van der Waals surface area (Å²) in [5, 5.41) is 7.57. The van der Waals surface area contributed by atoms with Gasteiger partial charge in [-0.15, -0.1) is 0 Å². The first-order valence-corrected chi connectivity index (χ1v) is 6.06. The summed E-state index contributed by atoms with van der Waals surface area (Å²) in [6.45, 7) is 7.35. The van der Waals surface area contributed by atoms with Crippen LogP contribution in [0.4, 0.5) is 5.69 Å². The largest absolute Gasteiger partial charge is 0.372 e. The SMILES string of the molecule is Cc1ccc(Cl)cc1NCN1CCNCC1. The molecule has 3 nitrogen and oxygen atoms in total. The van der Waals surface area contributed by atoms with E-state index in [1.165, 1.54) is 5.56 Å². The van der Waals surface area contributed by atoms with E-state index in [0.717, 1.165) is 43.6 Å². The summed E-state index contributed by atoms with van der Waals surface area (Å²) in [6, 6.07) is 5.95. The minimum Gasteiger partial charge on any atom is -0.372 e. The minimum absolute atomic E-state index is 0.786. The minimum atomic E-state index is 0.786. The van der Waals surface area contributed by atoms with E-state index in [9.17, 15) is 0 Å². The summed E-state index contributed by atoms with van der Waals surface area (Å²) in [5.41, 5.74) is 2.37. The normalized spacial score (nSPS) is 17.4. The number of aryl methyl sites for hydroxylation is 1. The van der Waals surface area contributed by atoms with Crippen LogP contribution in [-0.4, -0.2) is 37.7 Å². The fraction of sp³-hybridized carbons (Fsp3) is 0.500. The van der Waals surface area contributed by atoms with Gasteiger partial charge in [-0.25, -0.2) is 0 Å². The Morgan fingerprint density at radius 2 is 2.12 bits per heavy atom. The van der Waals surface area contributed by atoms with Crippen LogP contribution in [0.25, 0.3) is 0 Å². The van der Waals surface area contributed by atoms with Gasteiger partial charge in [0.25, 0.3) is 0 Å². The molecule has 0 spiro atoms. The molecule has 1 aromatic carbocycles. The van der Waals surface area contributed by atoms with Gasteiger partial charge in [-0.1, -0.05) is 17.7 Å². The molecule has 1 heterocycles. The molecule has 1 aliphatic rings. The molecular weight excluding hydrogens is 222 g/mol. The summed E-state index contributed by atoms with van der Waals surface area (Å²) >= 11 is 5.97. The van der Waals surface area contributed by atoms with Crippen molar-refractivity contribution in [1.82, 2.24) is 10.2 Å². The van der Waals surface area contributed by atoms with Crippen molar-refractivity contribution >= 4 is 17.3 Å². The van der Waals surface area contributed by atoms with Crippen LogP contribution >= 0.6 is 11.6 Å². The zero-order valence-corrected chi connectivity index (χ0v) is 10.3. The van der Waals surface area contributed by atoms with Gasteiger partial charge in [0, 0.05) is 36.9 Å². The highest BCUT2D eigenvalue weighted by molar-refractivity contribution is 6.30. The van der Waals surface area contributed by atoms with E-state index in [1.54, 1.807) is 0 Å². The topological polar surface area (TPSA) is 27.3 Å². The fourth-order valence-corrected chi connectivity index (χ4v) is 2.02. The number of hydrogen-bond donors (Lipinski definition) is 2. The van der Waals surface area contributed by atoms with Gasteiger partial charge in [-0.3, -0.25) is 4.90 Å². The first-order valence-electron chi connectivity index (χ1n) is 5.69. The second kappa shape index (κ2) is 5.53. The third-order valence-corrected chi connectivity index (χ3v) is 3.14. The van der Waals surface area contributed by atoms with E-state index in [1.807, 2.05) is 18.2 Å². The van der Waals surface area contributed by atoms with Crippen LogP contribution in [0.2, 0.25) is 5.02 Å². The average Bonchev–Trinajstić information content (AvgIpc) is 2.32. The maximum absolute atomic E-state index is 5.97. The van der Waals surface area contributed by atoms with Crippen molar-refractivity contribution in [2.75, 3.05) is 38.2 Å². The molecule has 0 atom stereocenters. The second-order valence-electron chi connectivity index (χ2n) is 4.16. The van der Waals surface area contributed by atoms with Crippen molar-refractivity contribution in [3.05, 3.63) is 28.8 Å². The number of piperazine rings is 1. The molecule has 0 aromatic heterocycles. The van der Waals surface area contributed by atoms with Crippen LogP contribution in [-0.2, 0) is 0 Å². The molecule has 0 saturated carbocycles. The molecule has 1 aliphatic heterocycles. The number of benzene rings is 1. The van der Waals surface area contributed by atoms with Crippen molar-refractivity contribution in [1.29, 1.82) is 0 Å². The smallest absolute Gasteiger partial charge is 0.0679 e. The Morgan fingerprint density at radius 1 is 1.38 bits per heavy atom. The van der Waals surface area contributed by atoms with Crippen molar-refractivity contribution in [3.63, 3.8) is 0 Å². The Morgan fingerprint density at radius 3 is 2.88 bits per heavy atom. The lowest BCUT2D eigenvalue weighted by atomic mass is 10.2. The van der Waals surface area contributed by atoms with E-state index in [-0.39, 0.29) is 0 Å². The number of nitrogens with zero attached hydrogens (tertiary/aromatic N) is 1. The molecular formula is C12H18ClN3. The molecule has 4 heteroatoms. The van der Waals surface area contributed by atoms with Gasteiger partial charge in [-0.2, -0.15) is 0 Å². The van der Waals surface area contributed by atoms with Crippen LogP contribution in [0.1, 0.15) is 5.56 Å². The van der Waals surface area contributed by atoms with Gasteiger partial charge in [0.05, 0.1) is 6.67 Å². The summed E-state index contributed by atoms with van der Waals surface area (Å²) < 4.78 is 0. The lowest BCUT2D eigenvalue weighted by molar-refractivity contribution is 0.256. The number of nitrogens with one attached hydrogen (secondary N) is 2. The van der Waals surface area contributed by atoms with E-state index < -0.39 is 0 Å². The molecule has 2 rings (SSSR count). The lowest BCUT2D eigenvalue weighted by Gasteiger charge is -2.28. The van der Waals surface area contributed by atoms with Gasteiger partial charge in [0.2, 0.25) is 0 Å². The van der Waals surface area contributed by atoms with Crippen molar-refractivity contribution in [2.24, 2.45) is 0 Å². The van der Waals surface area contributed by atoms with Crippen molar-refractivity contribution in [2.45, 2.75) is 6.92 Å². The molecule has 0 unspecified atom stereocenters. The van der Waals surface area contributed by atoms with Crippen LogP contribution in [0.5, 0.6) is 0 Å². The summed E-state index contributed by atoms with van der Waals surface area (Å²) in [6.07, 6.45) is 0. The summed E-state index contributed by atoms with van der Waals surface area (Å²) in [7, 11) is 0. The first kappa shape index (κ1) is 11.7. The monoisotopic (exact) mass is 239 g/mol. The molecule has 0 aliphatic carbocycles. The van der Waals surface area contributed by atoms with Crippen LogP contribution in [0, 0.1) is 6.92 Å². The highest BCUT2D eigenvalue weighted by Crippen LogP contribution is 2.19. The molecule has 2 N–H and O–H groups in total. The van der Waals surface area contributed by atoms with Gasteiger partial charge in [-0.05, 0) is 24.6 Å². The molecule has 1 saturated heterocycles. The van der Waals surface area contributed by atoms with Gasteiger partial charge in [0.15, 0.2) is 0 Å². The summed E-state index contributed by atoms with van der Waals surface area (Å²) in [4.78, 5) is 2.40. The van der Waals surface area contributed by atoms with E-state index in [4.69, 9.17) is 11.6 Å². The molecule has 0 amide bonds. The predicted octanol–water partition coefficient (Wildman–Crippen LogP) is 1.92. The first-order chi connectivity index (χ1) is 7.75. The molecule has 1 aromatic rings. The Kier molecular flexibility index (Phi) is 4.04. The van der Waals surface area contributed by atoms with Gasteiger partial charge in [0.1, 0.15) is 0 Å². The Bertz CT molecular complexity index is 348. The Hall–Kier alpha value is -0.770. The molecule has 0 bridgehead atoms. The maximum Gasteiger partial charge on any atom is 0.0679 e. The summed E-state index contributed by atoms with van der Waals surface area (Å²) in [5.74, 6) is 0. The third kappa shape index (κ3) is 3.11. The lowest BCUT2D eigenvalue weighted by Crippen LogP contribution is -2.45. The zero-order chi connectivity index (χ0) is 11.4.